The number of nitro groups is 1. The Balaban J connectivity index is 2.33. The van der Waals surface area contributed by atoms with Gasteiger partial charge in [0.1, 0.15) is 11.5 Å². The molecule has 0 fully saturated rings. The molecule has 1 atom stereocenters. The van der Waals surface area contributed by atoms with E-state index < -0.39 is 10.7 Å². The van der Waals surface area contributed by atoms with Crippen molar-refractivity contribution in [2.24, 2.45) is 0 Å². The Morgan fingerprint density at radius 2 is 2.00 bits per heavy atom. The molecule has 0 amide bonds. The predicted octanol–water partition coefficient (Wildman–Crippen LogP) is 3.53. The van der Waals surface area contributed by atoms with Crippen molar-refractivity contribution in [1.29, 1.82) is 0 Å². The number of methoxy groups -OCH3 is 1. The number of benzene rings is 2. The molecule has 110 valence electrons. The van der Waals surface area contributed by atoms with Crippen LogP contribution in [0, 0.1) is 15.9 Å². The second kappa shape index (κ2) is 6.81. The minimum absolute atomic E-state index is 0.130. The van der Waals surface area contributed by atoms with Gasteiger partial charge in [-0.2, -0.15) is 0 Å². The average Bonchev–Trinajstić information content (AvgIpc) is 2.47. The molecule has 0 aliphatic heterocycles. The molecule has 2 aromatic carbocycles. The Labute approximate surface area is 121 Å². The average molecular weight is 290 g/mol. The van der Waals surface area contributed by atoms with Crippen LogP contribution in [0.2, 0.25) is 0 Å². The molecule has 5 nitrogen and oxygen atoms in total. The number of halogens is 1. The molecule has 0 aromatic heterocycles. The SMILES string of the molecule is COCC(Nc1cc(F)ccc1[N+](=O)[O-])c1ccccc1. The summed E-state index contributed by atoms with van der Waals surface area (Å²) in [6, 6.07) is 12.4. The standard InChI is InChI=1S/C15H15FN2O3/c1-21-10-14(11-5-3-2-4-6-11)17-13-9-12(16)7-8-15(13)18(19)20/h2-9,14,17H,10H2,1H3. The van der Waals surface area contributed by atoms with Crippen molar-refractivity contribution in [3.8, 4) is 0 Å². The van der Waals surface area contributed by atoms with E-state index >= 15 is 0 Å². The predicted molar refractivity (Wildman–Crippen MR) is 77.7 cm³/mol. The fourth-order valence-corrected chi connectivity index (χ4v) is 2.04. The quantitative estimate of drug-likeness (QED) is 0.653. The number of hydrogen-bond donors (Lipinski definition) is 1. The van der Waals surface area contributed by atoms with E-state index in [1.54, 1.807) is 0 Å². The maximum absolute atomic E-state index is 13.4. The highest BCUT2D eigenvalue weighted by Gasteiger charge is 2.19. The van der Waals surface area contributed by atoms with Crippen molar-refractivity contribution in [3.05, 3.63) is 70.0 Å². The van der Waals surface area contributed by atoms with Gasteiger partial charge in [0.15, 0.2) is 0 Å². The molecular weight excluding hydrogens is 275 g/mol. The third-order valence-corrected chi connectivity index (χ3v) is 3.02. The zero-order chi connectivity index (χ0) is 15.2. The molecule has 0 saturated carbocycles. The highest BCUT2D eigenvalue weighted by atomic mass is 19.1. The molecule has 6 heteroatoms. The van der Waals surface area contributed by atoms with Crippen LogP contribution in [-0.2, 0) is 4.74 Å². The first-order valence-electron chi connectivity index (χ1n) is 6.36. The second-order valence-corrected chi connectivity index (χ2v) is 4.48. The lowest BCUT2D eigenvalue weighted by atomic mass is 10.1. The molecular formula is C15H15FN2O3. The van der Waals surface area contributed by atoms with Crippen molar-refractivity contribution in [2.45, 2.75) is 6.04 Å². The van der Waals surface area contributed by atoms with E-state index in [4.69, 9.17) is 4.74 Å². The van der Waals surface area contributed by atoms with E-state index in [0.29, 0.717) is 6.61 Å². The smallest absolute Gasteiger partial charge is 0.292 e. The van der Waals surface area contributed by atoms with Crippen molar-refractivity contribution in [2.75, 3.05) is 19.0 Å². The summed E-state index contributed by atoms with van der Waals surface area (Å²) in [7, 11) is 1.54. The van der Waals surface area contributed by atoms with Gasteiger partial charge in [0.2, 0.25) is 0 Å². The van der Waals surface area contributed by atoms with Crippen LogP contribution in [0.4, 0.5) is 15.8 Å². The summed E-state index contributed by atoms with van der Waals surface area (Å²) in [5.41, 5.74) is 0.859. The number of nitrogens with zero attached hydrogens (tertiary/aromatic N) is 1. The Morgan fingerprint density at radius 1 is 1.29 bits per heavy atom. The third kappa shape index (κ3) is 3.76. The fourth-order valence-electron chi connectivity index (χ4n) is 2.04. The number of rotatable bonds is 6. The Bertz CT molecular complexity index is 620. The normalized spacial score (nSPS) is 11.9. The van der Waals surface area contributed by atoms with Gasteiger partial charge in [0, 0.05) is 19.2 Å². The molecule has 2 aromatic rings. The zero-order valence-electron chi connectivity index (χ0n) is 11.5. The van der Waals surface area contributed by atoms with Gasteiger partial charge in [-0.05, 0) is 11.6 Å². The summed E-state index contributed by atoms with van der Waals surface area (Å²) in [5.74, 6) is -0.535. The van der Waals surface area contributed by atoms with Crippen LogP contribution in [0.5, 0.6) is 0 Å². The molecule has 21 heavy (non-hydrogen) atoms. The number of hydrogen-bond acceptors (Lipinski definition) is 4. The first-order chi connectivity index (χ1) is 10.1. The van der Waals surface area contributed by atoms with E-state index in [0.717, 1.165) is 23.8 Å². The molecule has 1 N–H and O–H groups in total. The summed E-state index contributed by atoms with van der Waals surface area (Å²) in [6.45, 7) is 0.303. The van der Waals surface area contributed by atoms with Crippen LogP contribution in [0.1, 0.15) is 11.6 Å². The molecule has 0 aliphatic carbocycles. The van der Waals surface area contributed by atoms with E-state index in [1.807, 2.05) is 30.3 Å². The van der Waals surface area contributed by atoms with E-state index in [1.165, 1.54) is 7.11 Å². The fraction of sp³-hybridized carbons (Fsp3) is 0.200. The van der Waals surface area contributed by atoms with Gasteiger partial charge in [-0.3, -0.25) is 10.1 Å². The number of ether oxygens (including phenoxy) is 1. The summed E-state index contributed by atoms with van der Waals surface area (Å²) in [4.78, 5) is 10.5. The minimum Gasteiger partial charge on any atom is -0.382 e. The van der Waals surface area contributed by atoms with Crippen molar-refractivity contribution < 1.29 is 14.1 Å². The van der Waals surface area contributed by atoms with Gasteiger partial charge in [-0.15, -0.1) is 0 Å². The molecule has 0 heterocycles. The minimum atomic E-state index is -0.545. The molecule has 0 spiro atoms. The van der Waals surface area contributed by atoms with Gasteiger partial charge in [-0.1, -0.05) is 30.3 Å². The van der Waals surface area contributed by atoms with Gasteiger partial charge in [0.05, 0.1) is 17.6 Å². The highest BCUT2D eigenvalue weighted by molar-refractivity contribution is 5.62. The van der Waals surface area contributed by atoms with E-state index in [9.17, 15) is 14.5 Å². The van der Waals surface area contributed by atoms with Crippen LogP contribution < -0.4 is 5.32 Å². The number of anilines is 1. The Kier molecular flexibility index (Phi) is 4.84. The summed E-state index contributed by atoms with van der Waals surface area (Å²) >= 11 is 0. The van der Waals surface area contributed by atoms with Gasteiger partial charge < -0.3 is 10.1 Å². The maximum atomic E-state index is 13.4. The van der Waals surface area contributed by atoms with Crippen molar-refractivity contribution >= 4 is 11.4 Å². The largest absolute Gasteiger partial charge is 0.382 e. The lowest BCUT2D eigenvalue weighted by molar-refractivity contribution is -0.384. The lowest BCUT2D eigenvalue weighted by Crippen LogP contribution is -2.17. The maximum Gasteiger partial charge on any atom is 0.292 e. The molecule has 0 bridgehead atoms. The third-order valence-electron chi connectivity index (χ3n) is 3.02. The highest BCUT2D eigenvalue weighted by Crippen LogP contribution is 2.29. The second-order valence-electron chi connectivity index (χ2n) is 4.48. The Morgan fingerprint density at radius 3 is 2.62 bits per heavy atom. The molecule has 0 aliphatic rings. The van der Waals surface area contributed by atoms with E-state index in [-0.39, 0.29) is 17.4 Å². The molecule has 1 unspecified atom stereocenters. The van der Waals surface area contributed by atoms with Crippen molar-refractivity contribution in [1.82, 2.24) is 0 Å². The van der Waals surface area contributed by atoms with Crippen LogP contribution in [0.15, 0.2) is 48.5 Å². The lowest BCUT2D eigenvalue weighted by Gasteiger charge is -2.19. The van der Waals surface area contributed by atoms with Gasteiger partial charge in [-0.25, -0.2) is 4.39 Å². The van der Waals surface area contributed by atoms with Crippen LogP contribution in [0.25, 0.3) is 0 Å². The monoisotopic (exact) mass is 290 g/mol. The Hall–Kier alpha value is -2.47. The molecule has 0 radical (unpaired) electrons. The molecule has 0 saturated heterocycles. The van der Waals surface area contributed by atoms with Crippen LogP contribution in [-0.4, -0.2) is 18.6 Å². The summed E-state index contributed by atoms with van der Waals surface area (Å²) in [5, 5.41) is 14.0. The first-order valence-corrected chi connectivity index (χ1v) is 6.36. The first kappa shape index (κ1) is 14.9. The summed E-state index contributed by atoms with van der Waals surface area (Å²) < 4.78 is 18.5. The van der Waals surface area contributed by atoms with Crippen molar-refractivity contribution in [3.63, 3.8) is 0 Å². The van der Waals surface area contributed by atoms with E-state index in [2.05, 4.69) is 5.32 Å². The number of nitrogens with one attached hydrogen (secondary N) is 1. The topological polar surface area (TPSA) is 64.4 Å². The zero-order valence-corrected chi connectivity index (χ0v) is 11.5. The van der Waals surface area contributed by atoms with Crippen LogP contribution in [0.3, 0.4) is 0 Å². The van der Waals surface area contributed by atoms with Gasteiger partial charge >= 0.3 is 0 Å². The van der Waals surface area contributed by atoms with Crippen LogP contribution >= 0.6 is 0 Å². The summed E-state index contributed by atoms with van der Waals surface area (Å²) in [6.07, 6.45) is 0. The molecule has 2 rings (SSSR count). The van der Waals surface area contributed by atoms with Gasteiger partial charge in [0.25, 0.3) is 5.69 Å². The number of nitro benzene ring substituents is 1.